The van der Waals surface area contributed by atoms with Crippen molar-refractivity contribution < 1.29 is 9.53 Å². The third-order valence-corrected chi connectivity index (χ3v) is 4.84. The number of halogens is 1. The van der Waals surface area contributed by atoms with Gasteiger partial charge in [-0.25, -0.2) is 15.0 Å². The molecule has 0 aliphatic carbocycles. The van der Waals surface area contributed by atoms with E-state index in [1.165, 1.54) is 6.33 Å². The third-order valence-electron chi connectivity index (χ3n) is 4.15. The number of hydrogen-bond donors (Lipinski definition) is 1. The summed E-state index contributed by atoms with van der Waals surface area (Å²) in [5.74, 6) is 2.30. The quantitative estimate of drug-likeness (QED) is 0.474. The van der Waals surface area contributed by atoms with E-state index in [0.29, 0.717) is 28.7 Å². The molecule has 4 aromatic rings. The molecule has 0 radical (unpaired) electrons. The normalized spacial score (nSPS) is 10.6. The van der Waals surface area contributed by atoms with Gasteiger partial charge >= 0.3 is 0 Å². The molecule has 2 heterocycles. The maximum atomic E-state index is 12.4. The Bertz CT molecular complexity index is 1160. The topological polar surface area (TPSA) is 81.9 Å². The first-order chi connectivity index (χ1) is 14.1. The zero-order chi connectivity index (χ0) is 20.2. The van der Waals surface area contributed by atoms with E-state index in [9.17, 15) is 4.79 Å². The number of anilines is 1. The van der Waals surface area contributed by atoms with Gasteiger partial charge in [-0.15, -0.1) is 0 Å². The van der Waals surface area contributed by atoms with E-state index in [-0.39, 0.29) is 5.91 Å². The number of rotatable bonds is 5. The maximum absolute atomic E-state index is 12.4. The number of ether oxygens (including phenoxy) is 1. The lowest BCUT2D eigenvalue weighted by Crippen LogP contribution is -2.12. The van der Waals surface area contributed by atoms with Crippen LogP contribution in [0.5, 0.6) is 11.6 Å². The van der Waals surface area contributed by atoms with Gasteiger partial charge in [0.15, 0.2) is 0 Å². The fourth-order valence-corrected chi connectivity index (χ4v) is 3.17. The van der Waals surface area contributed by atoms with Gasteiger partial charge < -0.3 is 10.1 Å². The van der Waals surface area contributed by atoms with E-state index in [1.54, 1.807) is 42.6 Å². The number of carbonyl (C=O) groups is 1. The number of aromatic nitrogens is 4. The van der Waals surface area contributed by atoms with Crippen LogP contribution < -0.4 is 10.1 Å². The predicted octanol–water partition coefficient (Wildman–Crippen LogP) is 4.78. The standard InChI is InChI=1S/C21H16BrN5O2/c1-14-23-10-11-27(14)19-12-20(25-13-24-19)29-16-8-6-15(7-9-16)26-21(28)17-4-2-3-5-18(17)22/h2-13H,1H3,(H,26,28). The average Bonchev–Trinajstić information content (AvgIpc) is 3.16. The monoisotopic (exact) mass is 449 g/mol. The van der Waals surface area contributed by atoms with E-state index in [2.05, 4.69) is 36.2 Å². The van der Waals surface area contributed by atoms with Crippen molar-refractivity contribution in [2.24, 2.45) is 0 Å². The highest BCUT2D eigenvalue weighted by molar-refractivity contribution is 9.10. The van der Waals surface area contributed by atoms with E-state index in [0.717, 1.165) is 10.3 Å². The van der Waals surface area contributed by atoms with Gasteiger partial charge in [0.05, 0.1) is 5.56 Å². The maximum Gasteiger partial charge on any atom is 0.256 e. The second-order valence-electron chi connectivity index (χ2n) is 6.12. The molecular formula is C21H16BrN5O2. The van der Waals surface area contributed by atoms with Gasteiger partial charge in [0.2, 0.25) is 5.88 Å². The summed E-state index contributed by atoms with van der Waals surface area (Å²) in [7, 11) is 0. The van der Waals surface area contributed by atoms with Crippen molar-refractivity contribution in [3.8, 4) is 17.4 Å². The molecule has 29 heavy (non-hydrogen) atoms. The first kappa shape index (κ1) is 18.8. The molecule has 8 heteroatoms. The van der Waals surface area contributed by atoms with Crippen LogP contribution in [0.15, 0.2) is 77.8 Å². The van der Waals surface area contributed by atoms with Crippen molar-refractivity contribution in [1.29, 1.82) is 0 Å². The molecule has 1 N–H and O–H groups in total. The van der Waals surface area contributed by atoms with Crippen molar-refractivity contribution in [2.45, 2.75) is 6.92 Å². The highest BCUT2D eigenvalue weighted by atomic mass is 79.9. The molecule has 0 atom stereocenters. The highest BCUT2D eigenvalue weighted by Crippen LogP contribution is 2.23. The van der Waals surface area contributed by atoms with E-state index in [1.807, 2.05) is 35.9 Å². The molecule has 0 aliphatic heterocycles. The number of nitrogens with one attached hydrogen (secondary N) is 1. The van der Waals surface area contributed by atoms with Gasteiger partial charge in [-0.1, -0.05) is 12.1 Å². The molecule has 0 bridgehead atoms. The molecule has 0 aliphatic rings. The first-order valence-electron chi connectivity index (χ1n) is 8.76. The summed E-state index contributed by atoms with van der Waals surface area (Å²) in [5, 5.41) is 2.86. The van der Waals surface area contributed by atoms with Crippen LogP contribution in [0.1, 0.15) is 16.2 Å². The van der Waals surface area contributed by atoms with Crippen LogP contribution in [0, 0.1) is 6.92 Å². The second kappa shape index (κ2) is 8.24. The van der Waals surface area contributed by atoms with Gasteiger partial charge in [-0.2, -0.15) is 0 Å². The Morgan fingerprint density at radius 3 is 2.59 bits per heavy atom. The molecule has 0 saturated carbocycles. The molecule has 144 valence electrons. The van der Waals surface area contributed by atoms with Gasteiger partial charge in [0.25, 0.3) is 5.91 Å². The molecular weight excluding hydrogens is 434 g/mol. The number of amides is 1. The Balaban J connectivity index is 1.46. The van der Waals surface area contributed by atoms with Crippen LogP contribution >= 0.6 is 15.9 Å². The molecule has 7 nitrogen and oxygen atoms in total. The molecule has 1 amide bonds. The van der Waals surface area contributed by atoms with Crippen LogP contribution in [0.3, 0.4) is 0 Å². The number of aryl methyl sites for hydroxylation is 1. The molecule has 0 spiro atoms. The molecule has 4 rings (SSSR count). The second-order valence-corrected chi connectivity index (χ2v) is 6.97. The summed E-state index contributed by atoms with van der Waals surface area (Å²) >= 11 is 3.38. The van der Waals surface area contributed by atoms with Gasteiger partial charge in [0.1, 0.15) is 23.7 Å². The Hall–Kier alpha value is -3.52. The number of benzene rings is 2. The van der Waals surface area contributed by atoms with Crippen LogP contribution in [0.25, 0.3) is 5.82 Å². The van der Waals surface area contributed by atoms with Crippen LogP contribution in [-0.4, -0.2) is 25.4 Å². The zero-order valence-corrected chi connectivity index (χ0v) is 17.0. The smallest absolute Gasteiger partial charge is 0.256 e. The van der Waals surface area contributed by atoms with Crippen LogP contribution in [-0.2, 0) is 0 Å². The van der Waals surface area contributed by atoms with Crippen molar-refractivity contribution in [1.82, 2.24) is 19.5 Å². The fraction of sp³-hybridized carbons (Fsp3) is 0.0476. The third kappa shape index (κ3) is 4.33. The molecule has 0 fully saturated rings. The van der Waals surface area contributed by atoms with Crippen molar-refractivity contribution in [3.05, 3.63) is 89.2 Å². The lowest BCUT2D eigenvalue weighted by molar-refractivity contribution is 0.102. The minimum absolute atomic E-state index is 0.192. The Kier molecular flexibility index (Phi) is 5.35. The number of hydrogen-bond acceptors (Lipinski definition) is 5. The fourth-order valence-electron chi connectivity index (χ4n) is 2.71. The summed E-state index contributed by atoms with van der Waals surface area (Å²) in [6, 6.07) is 16.1. The number of carbonyl (C=O) groups excluding carboxylic acids is 1. The summed E-state index contributed by atoms with van der Waals surface area (Å²) in [5.41, 5.74) is 1.23. The van der Waals surface area contributed by atoms with Crippen molar-refractivity contribution in [2.75, 3.05) is 5.32 Å². The minimum atomic E-state index is -0.192. The highest BCUT2D eigenvalue weighted by Gasteiger charge is 2.10. The molecule has 2 aromatic heterocycles. The van der Waals surface area contributed by atoms with Crippen LogP contribution in [0.4, 0.5) is 5.69 Å². The van der Waals surface area contributed by atoms with Gasteiger partial charge in [-0.3, -0.25) is 9.36 Å². The predicted molar refractivity (Wildman–Crippen MR) is 113 cm³/mol. The minimum Gasteiger partial charge on any atom is -0.439 e. The summed E-state index contributed by atoms with van der Waals surface area (Å²) in [6.07, 6.45) is 4.97. The SMILES string of the molecule is Cc1nccn1-c1cc(Oc2ccc(NC(=O)c3ccccc3Br)cc2)ncn1. The van der Waals surface area contributed by atoms with E-state index >= 15 is 0 Å². The zero-order valence-electron chi connectivity index (χ0n) is 15.4. The largest absolute Gasteiger partial charge is 0.439 e. The molecule has 0 unspecified atom stereocenters. The summed E-state index contributed by atoms with van der Waals surface area (Å²) in [4.78, 5) is 25.0. The average molecular weight is 450 g/mol. The first-order valence-corrected chi connectivity index (χ1v) is 9.55. The number of imidazole rings is 1. The van der Waals surface area contributed by atoms with Crippen LogP contribution in [0.2, 0.25) is 0 Å². The van der Waals surface area contributed by atoms with E-state index in [4.69, 9.17) is 4.74 Å². The lowest BCUT2D eigenvalue weighted by Gasteiger charge is -2.09. The molecule has 0 saturated heterocycles. The van der Waals surface area contributed by atoms with E-state index < -0.39 is 0 Å². The van der Waals surface area contributed by atoms with Crippen molar-refractivity contribution in [3.63, 3.8) is 0 Å². The van der Waals surface area contributed by atoms with Gasteiger partial charge in [0, 0.05) is 28.6 Å². The van der Waals surface area contributed by atoms with Gasteiger partial charge in [-0.05, 0) is 59.3 Å². The Morgan fingerprint density at radius 2 is 1.86 bits per heavy atom. The Labute approximate surface area is 175 Å². The Morgan fingerprint density at radius 1 is 1.07 bits per heavy atom. The lowest BCUT2D eigenvalue weighted by atomic mass is 10.2. The number of nitrogens with zero attached hydrogens (tertiary/aromatic N) is 4. The summed E-state index contributed by atoms with van der Waals surface area (Å²) < 4.78 is 8.40. The molecule has 2 aromatic carbocycles. The summed E-state index contributed by atoms with van der Waals surface area (Å²) in [6.45, 7) is 1.89. The van der Waals surface area contributed by atoms with Crippen molar-refractivity contribution >= 4 is 27.5 Å².